The summed E-state index contributed by atoms with van der Waals surface area (Å²) >= 11 is 0. The largest absolute Gasteiger partial charge is 0.329 e. The molecule has 0 saturated carbocycles. The first-order valence-electron chi connectivity index (χ1n) is 5.72. The highest BCUT2D eigenvalue weighted by atomic mass is 15.2. The lowest BCUT2D eigenvalue weighted by Crippen LogP contribution is -2.39. The van der Waals surface area contributed by atoms with E-state index >= 15 is 0 Å². The molecule has 1 aliphatic rings. The van der Waals surface area contributed by atoms with Crippen LogP contribution in [0.5, 0.6) is 0 Å². The summed E-state index contributed by atoms with van der Waals surface area (Å²) in [6.07, 6.45) is 5.51. The molecule has 0 aromatic rings. The van der Waals surface area contributed by atoms with Crippen LogP contribution in [0.15, 0.2) is 0 Å². The van der Waals surface area contributed by atoms with Crippen molar-refractivity contribution < 1.29 is 0 Å². The first kappa shape index (κ1) is 11.0. The summed E-state index contributed by atoms with van der Waals surface area (Å²) in [6, 6.07) is 0.579. The minimum absolute atomic E-state index is 0.579. The average molecular weight is 184 g/mol. The number of nitrogens with two attached hydrogens (primary N) is 1. The Kier molecular flexibility index (Phi) is 4.74. The Labute approximate surface area is 82.5 Å². The Hall–Kier alpha value is -0.0800. The molecule has 0 aromatic carbocycles. The van der Waals surface area contributed by atoms with Crippen molar-refractivity contribution in [3.63, 3.8) is 0 Å². The Morgan fingerprint density at radius 2 is 2.15 bits per heavy atom. The van der Waals surface area contributed by atoms with E-state index in [1.165, 1.54) is 38.8 Å². The van der Waals surface area contributed by atoms with Crippen LogP contribution in [-0.4, -0.2) is 30.6 Å². The van der Waals surface area contributed by atoms with E-state index in [1.807, 2.05) is 0 Å². The summed E-state index contributed by atoms with van der Waals surface area (Å²) in [6.45, 7) is 7.88. The van der Waals surface area contributed by atoms with Crippen LogP contribution >= 0.6 is 0 Å². The third kappa shape index (κ3) is 3.28. The zero-order valence-corrected chi connectivity index (χ0v) is 9.13. The van der Waals surface area contributed by atoms with Crippen LogP contribution in [0.1, 0.15) is 39.5 Å². The summed E-state index contributed by atoms with van der Waals surface area (Å²) in [5.41, 5.74) is 5.68. The van der Waals surface area contributed by atoms with Crippen molar-refractivity contribution in [1.29, 1.82) is 0 Å². The van der Waals surface area contributed by atoms with Gasteiger partial charge in [0.15, 0.2) is 0 Å². The van der Waals surface area contributed by atoms with Crippen LogP contribution in [0, 0.1) is 5.92 Å². The van der Waals surface area contributed by atoms with Gasteiger partial charge in [-0.25, -0.2) is 0 Å². The number of rotatable bonds is 3. The van der Waals surface area contributed by atoms with Gasteiger partial charge in [-0.1, -0.05) is 13.3 Å². The predicted molar refractivity (Wildman–Crippen MR) is 57.7 cm³/mol. The van der Waals surface area contributed by atoms with E-state index < -0.39 is 0 Å². The summed E-state index contributed by atoms with van der Waals surface area (Å²) < 4.78 is 0. The average Bonchev–Trinajstić information content (AvgIpc) is 2.41. The smallest absolute Gasteiger partial charge is 0.0190 e. The molecule has 1 rings (SSSR count). The van der Waals surface area contributed by atoms with E-state index in [0.717, 1.165) is 12.5 Å². The quantitative estimate of drug-likeness (QED) is 0.725. The molecule has 0 amide bonds. The highest BCUT2D eigenvalue weighted by molar-refractivity contribution is 4.73. The number of likely N-dealkylation sites (tertiary alicyclic amines) is 1. The highest BCUT2D eigenvalue weighted by Gasteiger charge is 2.18. The van der Waals surface area contributed by atoms with Gasteiger partial charge >= 0.3 is 0 Å². The molecule has 1 aliphatic heterocycles. The Morgan fingerprint density at radius 3 is 2.77 bits per heavy atom. The van der Waals surface area contributed by atoms with Crippen LogP contribution in [0.4, 0.5) is 0 Å². The lowest BCUT2D eigenvalue weighted by atomic mass is 9.98. The van der Waals surface area contributed by atoms with Crippen molar-refractivity contribution in [3.8, 4) is 0 Å². The minimum Gasteiger partial charge on any atom is -0.329 e. The maximum Gasteiger partial charge on any atom is 0.0190 e. The Balaban J connectivity index is 2.35. The van der Waals surface area contributed by atoms with E-state index in [0.29, 0.717) is 6.04 Å². The molecule has 1 heterocycles. The van der Waals surface area contributed by atoms with E-state index in [2.05, 4.69) is 18.7 Å². The van der Waals surface area contributed by atoms with Gasteiger partial charge in [0.25, 0.3) is 0 Å². The van der Waals surface area contributed by atoms with Crippen molar-refractivity contribution in [3.05, 3.63) is 0 Å². The molecule has 0 spiro atoms. The first-order valence-corrected chi connectivity index (χ1v) is 5.72. The molecule has 2 heteroatoms. The zero-order valence-electron chi connectivity index (χ0n) is 9.13. The number of hydrogen-bond acceptors (Lipinski definition) is 2. The lowest BCUT2D eigenvalue weighted by Gasteiger charge is -2.26. The molecule has 0 aliphatic carbocycles. The van der Waals surface area contributed by atoms with Gasteiger partial charge in [0.1, 0.15) is 0 Å². The molecule has 2 unspecified atom stereocenters. The lowest BCUT2D eigenvalue weighted by molar-refractivity contribution is 0.218. The Morgan fingerprint density at radius 1 is 1.38 bits per heavy atom. The first-order chi connectivity index (χ1) is 6.27. The molecule has 78 valence electrons. The van der Waals surface area contributed by atoms with Gasteiger partial charge in [-0.05, 0) is 45.2 Å². The zero-order chi connectivity index (χ0) is 9.68. The van der Waals surface area contributed by atoms with E-state index in [1.54, 1.807) is 0 Å². The van der Waals surface area contributed by atoms with Crippen LogP contribution in [0.3, 0.4) is 0 Å². The maximum absolute atomic E-state index is 5.68. The van der Waals surface area contributed by atoms with E-state index in [-0.39, 0.29) is 0 Å². The summed E-state index contributed by atoms with van der Waals surface area (Å²) in [7, 11) is 0. The Bertz CT molecular complexity index is 136. The highest BCUT2D eigenvalue weighted by Crippen LogP contribution is 2.20. The molecule has 2 nitrogen and oxygen atoms in total. The van der Waals surface area contributed by atoms with Crippen LogP contribution < -0.4 is 5.73 Å². The second-order valence-electron chi connectivity index (χ2n) is 4.33. The third-order valence-corrected chi connectivity index (χ3v) is 3.42. The van der Waals surface area contributed by atoms with Gasteiger partial charge in [0.2, 0.25) is 0 Å². The van der Waals surface area contributed by atoms with Crippen molar-refractivity contribution >= 4 is 0 Å². The number of hydrogen-bond donors (Lipinski definition) is 1. The molecule has 1 fully saturated rings. The molecule has 2 atom stereocenters. The van der Waals surface area contributed by atoms with Gasteiger partial charge in [-0.3, -0.25) is 4.90 Å². The topological polar surface area (TPSA) is 29.3 Å². The summed E-state index contributed by atoms with van der Waals surface area (Å²) in [4.78, 5) is 2.55. The molecule has 0 bridgehead atoms. The van der Waals surface area contributed by atoms with Gasteiger partial charge < -0.3 is 5.73 Å². The fraction of sp³-hybridized carbons (Fsp3) is 1.00. The predicted octanol–water partition coefficient (Wildman–Crippen LogP) is 1.85. The van der Waals surface area contributed by atoms with E-state index in [4.69, 9.17) is 5.73 Å². The SMILES string of the molecule is CCC1CCCN(C(C)CN)CC1. The summed E-state index contributed by atoms with van der Waals surface area (Å²) in [5.74, 6) is 0.968. The van der Waals surface area contributed by atoms with Gasteiger partial charge in [-0.2, -0.15) is 0 Å². The molecule has 0 radical (unpaired) electrons. The van der Waals surface area contributed by atoms with E-state index in [9.17, 15) is 0 Å². The van der Waals surface area contributed by atoms with Crippen LogP contribution in [0.2, 0.25) is 0 Å². The second kappa shape index (κ2) is 5.61. The fourth-order valence-electron chi connectivity index (χ4n) is 2.19. The normalized spacial score (nSPS) is 28.4. The van der Waals surface area contributed by atoms with Crippen molar-refractivity contribution in [2.75, 3.05) is 19.6 Å². The standard InChI is InChI=1S/C11H24N2/c1-3-11-5-4-7-13(8-6-11)10(2)9-12/h10-11H,3-9,12H2,1-2H3. The minimum atomic E-state index is 0.579. The number of nitrogens with zero attached hydrogens (tertiary/aromatic N) is 1. The monoisotopic (exact) mass is 184 g/mol. The molecule has 13 heavy (non-hydrogen) atoms. The fourth-order valence-corrected chi connectivity index (χ4v) is 2.19. The molecular formula is C11H24N2. The molecule has 0 aromatic heterocycles. The molecule has 2 N–H and O–H groups in total. The van der Waals surface area contributed by atoms with Crippen LogP contribution in [0.25, 0.3) is 0 Å². The molecular weight excluding hydrogens is 160 g/mol. The van der Waals surface area contributed by atoms with Crippen molar-refractivity contribution in [2.45, 2.75) is 45.6 Å². The maximum atomic E-state index is 5.68. The van der Waals surface area contributed by atoms with Crippen molar-refractivity contribution in [1.82, 2.24) is 4.90 Å². The molecule has 1 saturated heterocycles. The van der Waals surface area contributed by atoms with Crippen molar-refractivity contribution in [2.24, 2.45) is 11.7 Å². The third-order valence-electron chi connectivity index (χ3n) is 3.42. The van der Waals surface area contributed by atoms with Crippen LogP contribution in [-0.2, 0) is 0 Å². The van der Waals surface area contributed by atoms with Gasteiger partial charge in [0, 0.05) is 12.6 Å². The van der Waals surface area contributed by atoms with Gasteiger partial charge in [0.05, 0.1) is 0 Å². The van der Waals surface area contributed by atoms with Gasteiger partial charge in [-0.15, -0.1) is 0 Å². The summed E-state index contributed by atoms with van der Waals surface area (Å²) in [5, 5.41) is 0. The second-order valence-corrected chi connectivity index (χ2v) is 4.33.